The van der Waals surface area contributed by atoms with E-state index in [-0.39, 0.29) is 0 Å². The molecule has 0 aliphatic carbocycles. The fourth-order valence-electron chi connectivity index (χ4n) is 2.34. The van der Waals surface area contributed by atoms with Crippen LogP contribution in [0.25, 0.3) is 16.7 Å². The molecule has 0 unspecified atom stereocenters. The van der Waals surface area contributed by atoms with Crippen LogP contribution in [0, 0.1) is 6.92 Å². The summed E-state index contributed by atoms with van der Waals surface area (Å²) in [6.07, 6.45) is 0. The highest BCUT2D eigenvalue weighted by atomic mass is 16.5. The van der Waals surface area contributed by atoms with Crippen LogP contribution in [0.2, 0.25) is 0 Å². The molecule has 102 valence electrons. The van der Waals surface area contributed by atoms with Gasteiger partial charge in [0.15, 0.2) is 0 Å². The summed E-state index contributed by atoms with van der Waals surface area (Å²) < 4.78 is 7.40. The zero-order valence-electron chi connectivity index (χ0n) is 11.6. The number of nitrogen functional groups attached to an aromatic ring is 1. The number of ether oxygens (including phenoxy) is 1. The van der Waals surface area contributed by atoms with Gasteiger partial charge in [0.1, 0.15) is 5.75 Å². The summed E-state index contributed by atoms with van der Waals surface area (Å²) in [5.41, 5.74) is 10.1. The standard InChI is InChI=1S/C16H17N3O/c1-3-20-13-7-5-12(6-8-13)19-15-9-4-11(2)10-14(15)18-16(19)17/h4-10H,3H2,1-2H3,(H2,17,18). The van der Waals surface area contributed by atoms with Crippen molar-refractivity contribution in [1.29, 1.82) is 0 Å². The second kappa shape index (κ2) is 4.89. The summed E-state index contributed by atoms with van der Waals surface area (Å²) >= 11 is 0. The molecule has 20 heavy (non-hydrogen) atoms. The summed E-state index contributed by atoms with van der Waals surface area (Å²) in [6.45, 7) is 4.68. The molecule has 0 aliphatic rings. The molecule has 0 saturated heterocycles. The third kappa shape index (κ3) is 2.09. The molecule has 3 rings (SSSR count). The van der Waals surface area contributed by atoms with Crippen LogP contribution in [0.5, 0.6) is 5.75 Å². The zero-order chi connectivity index (χ0) is 14.1. The highest BCUT2D eigenvalue weighted by Crippen LogP contribution is 2.25. The van der Waals surface area contributed by atoms with Gasteiger partial charge in [0.25, 0.3) is 0 Å². The van der Waals surface area contributed by atoms with Crippen LogP contribution in [-0.2, 0) is 0 Å². The number of nitrogens with two attached hydrogens (primary N) is 1. The number of aromatic nitrogens is 2. The van der Waals surface area contributed by atoms with Gasteiger partial charge in [-0.05, 0) is 55.8 Å². The van der Waals surface area contributed by atoms with E-state index in [1.807, 2.05) is 54.8 Å². The van der Waals surface area contributed by atoms with Crippen molar-refractivity contribution >= 4 is 17.0 Å². The van der Waals surface area contributed by atoms with Crippen LogP contribution in [-0.4, -0.2) is 16.2 Å². The molecule has 4 heteroatoms. The maximum atomic E-state index is 6.05. The van der Waals surface area contributed by atoms with E-state index in [0.29, 0.717) is 12.6 Å². The Labute approximate surface area is 117 Å². The molecule has 0 amide bonds. The summed E-state index contributed by atoms with van der Waals surface area (Å²) in [7, 11) is 0. The number of hydrogen-bond donors (Lipinski definition) is 1. The Kier molecular flexibility index (Phi) is 3.06. The number of nitrogens with zero attached hydrogens (tertiary/aromatic N) is 2. The molecule has 1 aromatic heterocycles. The third-order valence-electron chi connectivity index (χ3n) is 3.24. The Hall–Kier alpha value is -2.49. The Morgan fingerprint density at radius 1 is 1.15 bits per heavy atom. The van der Waals surface area contributed by atoms with E-state index in [2.05, 4.69) is 11.1 Å². The van der Waals surface area contributed by atoms with Crippen LogP contribution in [0.3, 0.4) is 0 Å². The average molecular weight is 267 g/mol. The molecule has 3 aromatic rings. The Morgan fingerprint density at radius 2 is 1.90 bits per heavy atom. The predicted molar refractivity (Wildman–Crippen MR) is 81.4 cm³/mol. The van der Waals surface area contributed by atoms with E-state index < -0.39 is 0 Å². The number of aryl methyl sites for hydroxylation is 1. The molecule has 0 spiro atoms. The monoisotopic (exact) mass is 267 g/mol. The van der Waals surface area contributed by atoms with E-state index in [1.54, 1.807) is 0 Å². The molecule has 0 atom stereocenters. The molecule has 4 nitrogen and oxygen atoms in total. The predicted octanol–water partition coefficient (Wildman–Crippen LogP) is 3.31. The summed E-state index contributed by atoms with van der Waals surface area (Å²) in [5, 5.41) is 0. The Morgan fingerprint density at radius 3 is 2.60 bits per heavy atom. The van der Waals surface area contributed by atoms with Crippen LogP contribution in [0.1, 0.15) is 12.5 Å². The molecule has 2 N–H and O–H groups in total. The van der Waals surface area contributed by atoms with Crippen molar-refractivity contribution < 1.29 is 4.74 Å². The first-order valence-corrected chi connectivity index (χ1v) is 6.67. The Bertz CT molecular complexity index is 744. The SMILES string of the molecule is CCOc1ccc(-n2c(N)nc3cc(C)ccc32)cc1. The number of benzene rings is 2. The maximum Gasteiger partial charge on any atom is 0.205 e. The van der Waals surface area contributed by atoms with Gasteiger partial charge in [-0.1, -0.05) is 6.07 Å². The van der Waals surface area contributed by atoms with Gasteiger partial charge in [-0.3, -0.25) is 4.57 Å². The van der Waals surface area contributed by atoms with E-state index in [9.17, 15) is 0 Å². The van der Waals surface area contributed by atoms with Crippen LogP contribution < -0.4 is 10.5 Å². The lowest BCUT2D eigenvalue weighted by Crippen LogP contribution is -2.00. The van der Waals surface area contributed by atoms with E-state index in [4.69, 9.17) is 10.5 Å². The maximum absolute atomic E-state index is 6.05. The fraction of sp³-hybridized carbons (Fsp3) is 0.188. The highest BCUT2D eigenvalue weighted by molar-refractivity contribution is 5.81. The van der Waals surface area contributed by atoms with E-state index in [0.717, 1.165) is 22.5 Å². The minimum atomic E-state index is 0.495. The second-order valence-corrected chi connectivity index (χ2v) is 4.72. The summed E-state index contributed by atoms with van der Waals surface area (Å²) in [6, 6.07) is 14.0. The highest BCUT2D eigenvalue weighted by Gasteiger charge is 2.10. The van der Waals surface area contributed by atoms with Gasteiger partial charge in [0.05, 0.1) is 17.6 Å². The van der Waals surface area contributed by atoms with Gasteiger partial charge in [-0.2, -0.15) is 0 Å². The number of anilines is 1. The van der Waals surface area contributed by atoms with Crippen molar-refractivity contribution in [2.75, 3.05) is 12.3 Å². The minimum absolute atomic E-state index is 0.495. The van der Waals surface area contributed by atoms with Crippen LogP contribution in [0.4, 0.5) is 5.95 Å². The van der Waals surface area contributed by atoms with Crippen molar-refractivity contribution in [2.24, 2.45) is 0 Å². The summed E-state index contributed by atoms with van der Waals surface area (Å²) in [5.74, 6) is 1.35. The lowest BCUT2D eigenvalue weighted by molar-refractivity contribution is 0.340. The molecule has 0 bridgehead atoms. The second-order valence-electron chi connectivity index (χ2n) is 4.72. The first-order valence-electron chi connectivity index (χ1n) is 6.67. The quantitative estimate of drug-likeness (QED) is 0.792. The average Bonchev–Trinajstić information content (AvgIpc) is 2.75. The molecule has 0 aliphatic heterocycles. The third-order valence-corrected chi connectivity index (χ3v) is 3.24. The fourth-order valence-corrected chi connectivity index (χ4v) is 2.34. The first kappa shape index (κ1) is 12.5. The van der Waals surface area contributed by atoms with Gasteiger partial charge in [-0.25, -0.2) is 4.98 Å². The van der Waals surface area contributed by atoms with E-state index >= 15 is 0 Å². The van der Waals surface area contributed by atoms with Gasteiger partial charge >= 0.3 is 0 Å². The van der Waals surface area contributed by atoms with Crippen molar-refractivity contribution in [3.63, 3.8) is 0 Å². The van der Waals surface area contributed by atoms with Gasteiger partial charge in [0, 0.05) is 5.69 Å². The zero-order valence-corrected chi connectivity index (χ0v) is 11.6. The molecular formula is C16H17N3O. The number of imidazole rings is 1. The van der Waals surface area contributed by atoms with Crippen LogP contribution >= 0.6 is 0 Å². The van der Waals surface area contributed by atoms with Crippen molar-refractivity contribution in [2.45, 2.75) is 13.8 Å². The van der Waals surface area contributed by atoms with Crippen molar-refractivity contribution in [1.82, 2.24) is 9.55 Å². The molecule has 1 heterocycles. The summed E-state index contributed by atoms with van der Waals surface area (Å²) in [4.78, 5) is 4.42. The van der Waals surface area contributed by atoms with Gasteiger partial charge in [0.2, 0.25) is 5.95 Å². The largest absolute Gasteiger partial charge is 0.494 e. The topological polar surface area (TPSA) is 53.1 Å². The van der Waals surface area contributed by atoms with E-state index in [1.165, 1.54) is 5.56 Å². The van der Waals surface area contributed by atoms with Crippen molar-refractivity contribution in [3.8, 4) is 11.4 Å². The lowest BCUT2D eigenvalue weighted by atomic mass is 10.2. The van der Waals surface area contributed by atoms with Crippen molar-refractivity contribution in [3.05, 3.63) is 48.0 Å². The van der Waals surface area contributed by atoms with Gasteiger partial charge < -0.3 is 10.5 Å². The normalized spacial score (nSPS) is 10.9. The first-order chi connectivity index (χ1) is 9.69. The smallest absolute Gasteiger partial charge is 0.205 e. The molecule has 0 fully saturated rings. The Balaban J connectivity index is 2.11. The number of hydrogen-bond acceptors (Lipinski definition) is 3. The van der Waals surface area contributed by atoms with Gasteiger partial charge in [-0.15, -0.1) is 0 Å². The number of rotatable bonds is 3. The number of fused-ring (bicyclic) bond motifs is 1. The molecular weight excluding hydrogens is 250 g/mol. The lowest BCUT2D eigenvalue weighted by Gasteiger charge is -2.08. The molecule has 0 radical (unpaired) electrons. The minimum Gasteiger partial charge on any atom is -0.494 e. The molecule has 2 aromatic carbocycles. The van der Waals surface area contributed by atoms with Crippen LogP contribution in [0.15, 0.2) is 42.5 Å². The molecule has 0 saturated carbocycles.